The Balaban J connectivity index is 0.000000354. The Morgan fingerprint density at radius 3 is 2.17 bits per heavy atom. The van der Waals surface area contributed by atoms with Gasteiger partial charge in [-0.05, 0) is 18.1 Å². The molecule has 4 heteroatoms. The molecule has 0 bridgehead atoms. The van der Waals surface area contributed by atoms with Crippen molar-refractivity contribution < 1.29 is 15.1 Å². The van der Waals surface area contributed by atoms with Crippen molar-refractivity contribution >= 4 is 19.4 Å². The summed E-state index contributed by atoms with van der Waals surface area (Å²) in [6.07, 6.45) is 1.83. The van der Waals surface area contributed by atoms with Gasteiger partial charge in [0, 0.05) is 11.9 Å². The number of nitrogens with zero attached hydrogens (tertiary/aromatic N) is 1. The summed E-state index contributed by atoms with van der Waals surface area (Å²) >= 11 is -0.931. The van der Waals surface area contributed by atoms with Crippen molar-refractivity contribution in [3.05, 3.63) is 30.1 Å². The average Bonchev–Trinajstić information content (AvgIpc) is 2.07. The SMILES string of the molecule is CC(C)c1ccccn1.[Cl][Zn][Cl]. The molecular weight excluding hydrogens is 246 g/mol. The molecule has 0 aliphatic rings. The Hall–Kier alpha value is 0.353. The quantitative estimate of drug-likeness (QED) is 0.701. The Labute approximate surface area is 89.2 Å². The summed E-state index contributed by atoms with van der Waals surface area (Å²) < 4.78 is 0. The second-order valence-electron chi connectivity index (χ2n) is 2.51. The molecule has 0 radical (unpaired) electrons. The van der Waals surface area contributed by atoms with E-state index in [2.05, 4.69) is 18.8 Å². The first-order chi connectivity index (χ1) is 5.72. The topological polar surface area (TPSA) is 12.9 Å². The van der Waals surface area contributed by atoms with Gasteiger partial charge in [-0.2, -0.15) is 0 Å². The van der Waals surface area contributed by atoms with Crippen LogP contribution in [-0.2, 0) is 15.1 Å². The van der Waals surface area contributed by atoms with E-state index in [1.54, 1.807) is 0 Å². The normalized spacial score (nSPS) is 8.42. The van der Waals surface area contributed by atoms with Crippen LogP contribution in [0.2, 0.25) is 0 Å². The second kappa shape index (κ2) is 7.97. The fourth-order valence-corrected chi connectivity index (χ4v) is 0.717. The second-order valence-corrected chi connectivity index (χ2v) is 7.13. The molecule has 0 aliphatic carbocycles. The average molecular weight is 257 g/mol. The molecule has 1 rings (SSSR count). The molecule has 12 heavy (non-hydrogen) atoms. The molecule has 1 nitrogen and oxygen atoms in total. The summed E-state index contributed by atoms with van der Waals surface area (Å²) in [5.74, 6) is 0.547. The van der Waals surface area contributed by atoms with Crippen molar-refractivity contribution in [3.8, 4) is 0 Å². The van der Waals surface area contributed by atoms with Crippen molar-refractivity contribution in [3.63, 3.8) is 0 Å². The predicted molar refractivity (Wildman–Crippen MR) is 50.0 cm³/mol. The molecule has 0 aliphatic heterocycles. The van der Waals surface area contributed by atoms with E-state index in [4.69, 9.17) is 19.4 Å². The van der Waals surface area contributed by atoms with Gasteiger partial charge in [0.2, 0.25) is 0 Å². The van der Waals surface area contributed by atoms with Crippen molar-refractivity contribution in [2.75, 3.05) is 0 Å². The maximum atomic E-state index is 4.95. The van der Waals surface area contributed by atoms with Gasteiger partial charge in [0.1, 0.15) is 0 Å². The van der Waals surface area contributed by atoms with Crippen LogP contribution in [0.25, 0.3) is 0 Å². The summed E-state index contributed by atoms with van der Waals surface area (Å²) in [7, 11) is 9.90. The minimum atomic E-state index is -0.931. The molecule has 64 valence electrons. The number of hydrogen-bond donors (Lipinski definition) is 0. The summed E-state index contributed by atoms with van der Waals surface area (Å²) in [6, 6.07) is 6.00. The van der Waals surface area contributed by atoms with Crippen LogP contribution in [-0.4, -0.2) is 4.98 Å². The molecule has 0 saturated heterocycles. The Morgan fingerprint density at radius 1 is 1.33 bits per heavy atom. The number of hydrogen-bond acceptors (Lipinski definition) is 1. The van der Waals surface area contributed by atoms with E-state index >= 15 is 0 Å². The zero-order chi connectivity index (χ0) is 9.40. The van der Waals surface area contributed by atoms with Gasteiger partial charge in [-0.1, -0.05) is 19.9 Å². The zero-order valence-electron chi connectivity index (χ0n) is 7.30. The number of aromatic nitrogens is 1. The molecule has 1 heterocycles. The molecule has 0 spiro atoms. The molecule has 0 N–H and O–H groups in total. The van der Waals surface area contributed by atoms with Crippen LogP contribution in [0.3, 0.4) is 0 Å². The predicted octanol–water partition coefficient (Wildman–Crippen LogP) is 3.58. The first-order valence-corrected chi connectivity index (χ1v) is 11.5. The standard InChI is InChI=1S/C8H11N.2ClH.Zn/c1-7(2)8-5-3-4-6-9-8;;;/h3-7H,1-2H3;2*1H;/q;;;+2/p-2. The molecule has 0 amide bonds. The summed E-state index contributed by atoms with van der Waals surface area (Å²) in [5.41, 5.74) is 1.16. The Kier molecular flexibility index (Phi) is 8.21. The van der Waals surface area contributed by atoms with E-state index in [0.717, 1.165) is 5.69 Å². The van der Waals surface area contributed by atoms with Gasteiger partial charge in [0.25, 0.3) is 0 Å². The number of rotatable bonds is 1. The van der Waals surface area contributed by atoms with E-state index in [1.807, 2.05) is 24.4 Å². The van der Waals surface area contributed by atoms with Crippen LogP contribution in [0.15, 0.2) is 24.4 Å². The summed E-state index contributed by atoms with van der Waals surface area (Å²) in [4.78, 5) is 4.18. The van der Waals surface area contributed by atoms with E-state index in [9.17, 15) is 0 Å². The molecule has 1 aromatic rings. The number of halogens is 2. The Bertz CT molecular complexity index is 192. The van der Waals surface area contributed by atoms with Gasteiger partial charge >= 0.3 is 34.5 Å². The maximum absolute atomic E-state index is 4.95. The van der Waals surface area contributed by atoms with Crippen LogP contribution in [0.1, 0.15) is 25.5 Å². The van der Waals surface area contributed by atoms with Crippen LogP contribution in [0, 0.1) is 0 Å². The van der Waals surface area contributed by atoms with Crippen LogP contribution in [0.5, 0.6) is 0 Å². The third-order valence-electron chi connectivity index (χ3n) is 1.28. The van der Waals surface area contributed by atoms with E-state index in [-0.39, 0.29) is 0 Å². The van der Waals surface area contributed by atoms with Gasteiger partial charge in [0.05, 0.1) is 0 Å². The molecule has 0 aromatic carbocycles. The third-order valence-corrected chi connectivity index (χ3v) is 1.28. The monoisotopic (exact) mass is 255 g/mol. The minimum absolute atomic E-state index is 0.547. The van der Waals surface area contributed by atoms with Crippen molar-refractivity contribution in [1.82, 2.24) is 4.98 Å². The zero-order valence-corrected chi connectivity index (χ0v) is 11.8. The molecule has 1 aromatic heterocycles. The molecular formula is C8H11Cl2NZn. The van der Waals surface area contributed by atoms with Crippen molar-refractivity contribution in [2.45, 2.75) is 19.8 Å². The fraction of sp³-hybridized carbons (Fsp3) is 0.375. The van der Waals surface area contributed by atoms with Crippen molar-refractivity contribution in [1.29, 1.82) is 0 Å². The number of pyridine rings is 1. The van der Waals surface area contributed by atoms with Crippen LogP contribution >= 0.6 is 19.4 Å². The third kappa shape index (κ3) is 5.94. The van der Waals surface area contributed by atoms with Crippen molar-refractivity contribution in [2.24, 2.45) is 0 Å². The van der Waals surface area contributed by atoms with Gasteiger partial charge in [-0.3, -0.25) is 4.98 Å². The first kappa shape index (κ1) is 12.4. The molecule has 0 unspecified atom stereocenters. The Morgan fingerprint density at radius 2 is 1.92 bits per heavy atom. The molecule has 0 fully saturated rings. The van der Waals surface area contributed by atoms with Crippen LogP contribution < -0.4 is 0 Å². The van der Waals surface area contributed by atoms with E-state index in [0.29, 0.717) is 5.92 Å². The van der Waals surface area contributed by atoms with Gasteiger partial charge in [-0.15, -0.1) is 0 Å². The van der Waals surface area contributed by atoms with E-state index < -0.39 is 15.1 Å². The molecule has 0 atom stereocenters. The van der Waals surface area contributed by atoms with Gasteiger partial charge in [0.15, 0.2) is 0 Å². The fourth-order valence-electron chi connectivity index (χ4n) is 0.717. The first-order valence-electron chi connectivity index (χ1n) is 3.75. The summed E-state index contributed by atoms with van der Waals surface area (Å²) in [6.45, 7) is 4.28. The van der Waals surface area contributed by atoms with Gasteiger partial charge in [-0.25, -0.2) is 0 Å². The summed E-state index contributed by atoms with van der Waals surface area (Å²) in [5, 5.41) is 0. The molecule has 0 saturated carbocycles. The van der Waals surface area contributed by atoms with Crippen LogP contribution in [0.4, 0.5) is 0 Å². The van der Waals surface area contributed by atoms with E-state index in [1.165, 1.54) is 0 Å². The van der Waals surface area contributed by atoms with Gasteiger partial charge < -0.3 is 0 Å².